The highest BCUT2D eigenvalue weighted by Crippen LogP contribution is 2.08. The van der Waals surface area contributed by atoms with Gasteiger partial charge in [0.1, 0.15) is 6.10 Å². The molecule has 40 valence electrons. The maximum absolute atomic E-state index is 10.1. The van der Waals surface area contributed by atoms with Crippen molar-refractivity contribution in [2.24, 2.45) is 5.73 Å². The van der Waals surface area contributed by atoms with E-state index in [2.05, 4.69) is 0 Å². The van der Waals surface area contributed by atoms with Crippen LogP contribution in [-0.4, -0.2) is 18.6 Å². The first-order valence-corrected chi connectivity index (χ1v) is 2.21. The minimum Gasteiger partial charge on any atom is -0.368 e. The van der Waals surface area contributed by atoms with E-state index in [9.17, 15) is 4.79 Å². The minimum atomic E-state index is -0.341. The predicted octanol–water partition coefficient (Wildman–Crippen LogP) is -0.739. The smallest absolute Gasteiger partial charge is 0.246 e. The Morgan fingerprint density at radius 3 is 2.43 bits per heavy atom. The minimum absolute atomic E-state index is 0.278. The van der Waals surface area contributed by atoms with Crippen molar-refractivity contribution in [3.05, 3.63) is 0 Å². The molecule has 2 N–H and O–H groups in total. The predicted molar refractivity (Wildman–Crippen MR) is 23.6 cm³/mol. The number of hydrogen-bond acceptors (Lipinski definition) is 2. The molecule has 1 amide bonds. The Morgan fingerprint density at radius 2 is 2.43 bits per heavy atom. The van der Waals surface area contributed by atoms with Gasteiger partial charge in [0.15, 0.2) is 0 Å². The van der Waals surface area contributed by atoms with E-state index in [4.69, 9.17) is 10.5 Å². The Labute approximate surface area is 41.4 Å². The normalized spacial score (nSPS) is 28.9. The second kappa shape index (κ2) is 1.50. The third kappa shape index (κ3) is 0.718. The van der Waals surface area contributed by atoms with E-state index in [0.29, 0.717) is 6.61 Å². The van der Waals surface area contributed by atoms with Crippen LogP contribution in [0.5, 0.6) is 0 Å². The van der Waals surface area contributed by atoms with Gasteiger partial charge in [-0.2, -0.15) is 0 Å². The van der Waals surface area contributed by atoms with E-state index in [1.807, 2.05) is 0 Å². The monoisotopic (exact) mass is 101 g/mol. The largest absolute Gasteiger partial charge is 0.368 e. The summed E-state index contributed by atoms with van der Waals surface area (Å²) in [5.41, 5.74) is 4.83. The van der Waals surface area contributed by atoms with Crippen LogP contribution in [0.25, 0.3) is 0 Å². The van der Waals surface area contributed by atoms with Gasteiger partial charge < -0.3 is 10.5 Å². The zero-order chi connectivity index (χ0) is 5.28. The Bertz CT molecular complexity index is 87.7. The summed E-state index contributed by atoms with van der Waals surface area (Å²) in [5.74, 6) is -0.341. The van der Waals surface area contributed by atoms with Crippen LogP contribution in [0.3, 0.4) is 0 Å². The van der Waals surface area contributed by atoms with E-state index in [1.165, 1.54) is 0 Å². The van der Waals surface area contributed by atoms with Crippen LogP contribution >= 0.6 is 0 Å². The van der Waals surface area contributed by atoms with E-state index in [0.717, 1.165) is 6.42 Å². The molecule has 3 heteroatoms. The summed E-state index contributed by atoms with van der Waals surface area (Å²) >= 11 is 0. The zero-order valence-electron chi connectivity index (χ0n) is 3.89. The Hall–Kier alpha value is -0.570. The average Bonchev–Trinajstić information content (AvgIpc) is 1.23. The van der Waals surface area contributed by atoms with Crippen molar-refractivity contribution in [1.29, 1.82) is 0 Å². The van der Waals surface area contributed by atoms with E-state index in [1.54, 1.807) is 0 Å². The van der Waals surface area contributed by atoms with Crippen molar-refractivity contribution in [1.82, 2.24) is 0 Å². The first-order valence-electron chi connectivity index (χ1n) is 2.21. The van der Waals surface area contributed by atoms with Gasteiger partial charge in [0.2, 0.25) is 5.91 Å². The van der Waals surface area contributed by atoms with Crippen LogP contribution in [0.1, 0.15) is 6.42 Å². The molecule has 0 spiro atoms. The molecule has 1 aliphatic heterocycles. The van der Waals surface area contributed by atoms with Crippen LogP contribution in [0, 0.1) is 0 Å². The van der Waals surface area contributed by atoms with Crippen LogP contribution in [0.15, 0.2) is 0 Å². The van der Waals surface area contributed by atoms with Crippen molar-refractivity contribution in [3.8, 4) is 0 Å². The van der Waals surface area contributed by atoms with Crippen LogP contribution in [0.4, 0.5) is 0 Å². The average molecular weight is 101 g/mol. The molecular formula is C4H7NO2. The molecule has 1 saturated heterocycles. The number of rotatable bonds is 1. The molecule has 0 bridgehead atoms. The highest BCUT2D eigenvalue weighted by atomic mass is 16.5. The molecule has 1 heterocycles. The molecule has 0 aliphatic carbocycles. The molecular weight excluding hydrogens is 94.0 g/mol. The number of amides is 1. The fraction of sp³-hybridized carbons (Fsp3) is 0.750. The number of nitrogens with two attached hydrogens (primary N) is 1. The van der Waals surface area contributed by atoms with Gasteiger partial charge in [0, 0.05) is 6.42 Å². The second-order valence-electron chi connectivity index (χ2n) is 1.55. The van der Waals surface area contributed by atoms with Crippen molar-refractivity contribution in [2.75, 3.05) is 6.61 Å². The first kappa shape index (κ1) is 4.59. The molecule has 0 aromatic carbocycles. The van der Waals surface area contributed by atoms with Gasteiger partial charge in [-0.05, 0) is 0 Å². The van der Waals surface area contributed by atoms with Crippen LogP contribution < -0.4 is 5.73 Å². The lowest BCUT2D eigenvalue weighted by Gasteiger charge is -2.22. The van der Waals surface area contributed by atoms with Gasteiger partial charge in [-0.25, -0.2) is 0 Å². The lowest BCUT2D eigenvalue weighted by Crippen LogP contribution is -2.39. The summed E-state index contributed by atoms with van der Waals surface area (Å²) in [6, 6.07) is 0. The fourth-order valence-corrected chi connectivity index (χ4v) is 0.460. The molecule has 0 saturated carbocycles. The van der Waals surface area contributed by atoms with Crippen LogP contribution in [-0.2, 0) is 9.53 Å². The summed E-state index contributed by atoms with van der Waals surface area (Å²) < 4.78 is 4.72. The van der Waals surface area contributed by atoms with Crippen LogP contribution in [0.2, 0.25) is 0 Å². The van der Waals surface area contributed by atoms with Gasteiger partial charge >= 0.3 is 0 Å². The van der Waals surface area contributed by atoms with E-state index < -0.39 is 0 Å². The van der Waals surface area contributed by atoms with Gasteiger partial charge in [-0.1, -0.05) is 0 Å². The molecule has 0 aromatic heterocycles. The molecule has 7 heavy (non-hydrogen) atoms. The summed E-state index contributed by atoms with van der Waals surface area (Å²) in [5, 5.41) is 0. The van der Waals surface area contributed by atoms with Crippen molar-refractivity contribution >= 4 is 5.91 Å². The molecule has 3 nitrogen and oxygen atoms in total. The maximum Gasteiger partial charge on any atom is 0.246 e. The van der Waals surface area contributed by atoms with E-state index >= 15 is 0 Å². The van der Waals surface area contributed by atoms with Crippen molar-refractivity contribution in [3.63, 3.8) is 0 Å². The van der Waals surface area contributed by atoms with E-state index in [-0.39, 0.29) is 12.0 Å². The molecule has 1 atom stereocenters. The quantitative estimate of drug-likeness (QED) is 0.473. The molecule has 0 radical (unpaired) electrons. The standard InChI is InChI=1S/C4H7NO2/c5-4(6)3-1-2-7-3/h3H,1-2H2,(H2,5,6)/t3-/m0/s1. The number of hydrogen-bond donors (Lipinski definition) is 1. The Kier molecular flexibility index (Phi) is 0.982. The van der Waals surface area contributed by atoms with Crippen molar-refractivity contribution in [2.45, 2.75) is 12.5 Å². The summed E-state index contributed by atoms with van der Waals surface area (Å²) in [6.07, 6.45) is 0.523. The number of primary amides is 1. The maximum atomic E-state index is 10.1. The lowest BCUT2D eigenvalue weighted by molar-refractivity contribution is -0.141. The van der Waals surface area contributed by atoms with Gasteiger partial charge in [0.25, 0.3) is 0 Å². The number of ether oxygens (including phenoxy) is 1. The highest BCUT2D eigenvalue weighted by Gasteiger charge is 2.22. The summed E-state index contributed by atoms with van der Waals surface area (Å²) in [7, 11) is 0. The summed E-state index contributed by atoms with van der Waals surface area (Å²) in [6.45, 7) is 0.688. The Morgan fingerprint density at radius 1 is 1.86 bits per heavy atom. The second-order valence-corrected chi connectivity index (χ2v) is 1.55. The molecule has 1 aliphatic rings. The topological polar surface area (TPSA) is 52.3 Å². The van der Waals surface area contributed by atoms with Crippen molar-refractivity contribution < 1.29 is 9.53 Å². The SMILES string of the molecule is NC(=O)[C@@H]1CCO1. The third-order valence-electron chi connectivity index (χ3n) is 1.02. The zero-order valence-corrected chi connectivity index (χ0v) is 3.89. The van der Waals surface area contributed by atoms with Gasteiger partial charge in [-0.15, -0.1) is 0 Å². The summed E-state index contributed by atoms with van der Waals surface area (Å²) in [4.78, 5) is 10.1. The Balaban J connectivity index is 2.27. The molecule has 0 unspecified atom stereocenters. The fourth-order valence-electron chi connectivity index (χ4n) is 0.460. The number of carbonyl (C=O) groups excluding carboxylic acids is 1. The van der Waals surface area contributed by atoms with Gasteiger partial charge in [-0.3, -0.25) is 4.79 Å². The number of carbonyl (C=O) groups is 1. The third-order valence-corrected chi connectivity index (χ3v) is 1.02. The molecule has 1 rings (SSSR count). The highest BCUT2D eigenvalue weighted by molar-refractivity contribution is 5.79. The van der Waals surface area contributed by atoms with Gasteiger partial charge in [0.05, 0.1) is 6.61 Å². The molecule has 0 aromatic rings. The lowest BCUT2D eigenvalue weighted by atomic mass is 10.2. The molecule has 1 fully saturated rings. The first-order chi connectivity index (χ1) is 3.30.